The molecule has 0 saturated heterocycles. The first kappa shape index (κ1) is 10.8. The molecule has 2 rings (SSSR count). The van der Waals surface area contributed by atoms with E-state index < -0.39 is 0 Å². The topological polar surface area (TPSA) is 91.2 Å². The molecule has 0 fully saturated rings. The van der Waals surface area contributed by atoms with Gasteiger partial charge >= 0.3 is 0 Å². The van der Waals surface area contributed by atoms with Gasteiger partial charge in [-0.2, -0.15) is 15.2 Å². The summed E-state index contributed by atoms with van der Waals surface area (Å²) in [6, 6.07) is 5.74. The first-order valence-electron chi connectivity index (χ1n) is 4.86. The Kier molecular flexibility index (Phi) is 2.55. The van der Waals surface area contributed by atoms with Gasteiger partial charge in [-0.05, 0) is 25.5 Å². The summed E-state index contributed by atoms with van der Waals surface area (Å²) in [5.74, 6) is 0.453. The summed E-state index contributed by atoms with van der Waals surface area (Å²) < 4.78 is 1.34. The van der Waals surface area contributed by atoms with Crippen LogP contribution in [0.15, 0.2) is 12.4 Å². The van der Waals surface area contributed by atoms with Crippen LogP contribution in [-0.2, 0) is 0 Å². The van der Waals surface area contributed by atoms with Crippen molar-refractivity contribution in [2.24, 2.45) is 0 Å². The Hall–Kier alpha value is -2.73. The van der Waals surface area contributed by atoms with Gasteiger partial charge in [0.1, 0.15) is 18.5 Å². The third-order valence-electron chi connectivity index (χ3n) is 2.25. The van der Waals surface area contributed by atoms with Crippen molar-refractivity contribution in [1.82, 2.24) is 19.7 Å². The van der Waals surface area contributed by atoms with E-state index in [1.165, 1.54) is 11.0 Å². The number of nitrogens with zero attached hydrogens (tertiary/aromatic N) is 6. The van der Waals surface area contributed by atoms with Gasteiger partial charge in [-0.15, -0.1) is 5.10 Å². The Balaban J connectivity index is 2.67. The Labute approximate surface area is 97.8 Å². The van der Waals surface area contributed by atoms with Gasteiger partial charge in [0.05, 0.1) is 5.56 Å². The number of nitriles is 2. The van der Waals surface area contributed by atoms with Gasteiger partial charge in [-0.1, -0.05) is 0 Å². The number of pyridine rings is 1. The molecular formula is C11H8N6. The van der Waals surface area contributed by atoms with Gasteiger partial charge < -0.3 is 0 Å². The van der Waals surface area contributed by atoms with Crippen LogP contribution in [0, 0.1) is 36.5 Å². The minimum Gasteiger partial charge on any atom is -0.233 e. The highest BCUT2D eigenvalue weighted by Gasteiger charge is 2.12. The highest BCUT2D eigenvalue weighted by atomic mass is 15.4. The molecule has 2 aromatic rings. The highest BCUT2D eigenvalue weighted by molar-refractivity contribution is 5.49. The van der Waals surface area contributed by atoms with E-state index in [4.69, 9.17) is 10.5 Å². The lowest BCUT2D eigenvalue weighted by Crippen LogP contribution is -2.05. The van der Waals surface area contributed by atoms with E-state index in [9.17, 15) is 0 Å². The lowest BCUT2D eigenvalue weighted by Gasteiger charge is -2.06. The normalized spacial score (nSPS) is 9.65. The molecule has 0 bridgehead atoms. The number of aromatic nitrogens is 4. The molecule has 6 heteroatoms. The molecule has 0 saturated carbocycles. The molecule has 0 aromatic carbocycles. The Morgan fingerprint density at radius 2 is 2.00 bits per heavy atom. The van der Waals surface area contributed by atoms with Crippen molar-refractivity contribution in [3.8, 4) is 18.0 Å². The zero-order valence-electron chi connectivity index (χ0n) is 9.34. The standard InChI is InChI=1S/C11H8N6/c1-7-3-8(2)15-11(9(7)4-12)17-6-14-10(5-13)16-17/h3,6H,1-2H3. The van der Waals surface area contributed by atoms with Gasteiger partial charge in [0.25, 0.3) is 5.82 Å². The molecule has 0 spiro atoms. The first-order chi connectivity index (χ1) is 8.15. The fourth-order valence-corrected chi connectivity index (χ4v) is 1.54. The Morgan fingerprint density at radius 3 is 2.59 bits per heavy atom. The predicted octanol–water partition coefficient (Wildman–Crippen LogP) is 1.02. The summed E-state index contributed by atoms with van der Waals surface area (Å²) in [6.45, 7) is 3.67. The van der Waals surface area contributed by atoms with Gasteiger partial charge in [0.15, 0.2) is 5.82 Å². The van der Waals surface area contributed by atoms with Crippen molar-refractivity contribution in [2.45, 2.75) is 13.8 Å². The van der Waals surface area contributed by atoms with Gasteiger partial charge in [0.2, 0.25) is 0 Å². The molecule has 0 aliphatic heterocycles. The molecule has 0 atom stereocenters. The maximum absolute atomic E-state index is 9.10. The molecule has 2 heterocycles. The van der Waals surface area contributed by atoms with Crippen molar-refractivity contribution < 1.29 is 0 Å². The number of hydrogen-bond acceptors (Lipinski definition) is 5. The second-order valence-electron chi connectivity index (χ2n) is 3.52. The van der Waals surface area contributed by atoms with Crippen LogP contribution in [0.3, 0.4) is 0 Å². The summed E-state index contributed by atoms with van der Waals surface area (Å²) in [4.78, 5) is 8.04. The maximum atomic E-state index is 9.10. The lowest BCUT2D eigenvalue weighted by molar-refractivity contribution is 0.828. The van der Waals surface area contributed by atoms with Crippen LogP contribution in [0.1, 0.15) is 22.6 Å². The second kappa shape index (κ2) is 4.03. The van der Waals surface area contributed by atoms with Crippen molar-refractivity contribution in [2.75, 3.05) is 0 Å². The van der Waals surface area contributed by atoms with E-state index in [0.717, 1.165) is 11.3 Å². The largest absolute Gasteiger partial charge is 0.252 e. The van der Waals surface area contributed by atoms with Crippen LogP contribution in [-0.4, -0.2) is 19.7 Å². The molecule has 82 valence electrons. The minimum absolute atomic E-state index is 0.0508. The van der Waals surface area contributed by atoms with E-state index in [1.807, 2.05) is 26.0 Å². The first-order valence-corrected chi connectivity index (χ1v) is 4.86. The molecule has 0 unspecified atom stereocenters. The zero-order valence-corrected chi connectivity index (χ0v) is 9.34. The molecular weight excluding hydrogens is 216 g/mol. The predicted molar refractivity (Wildman–Crippen MR) is 58.1 cm³/mol. The van der Waals surface area contributed by atoms with Crippen molar-refractivity contribution in [3.05, 3.63) is 35.0 Å². The number of rotatable bonds is 1. The Morgan fingerprint density at radius 1 is 1.24 bits per heavy atom. The SMILES string of the molecule is Cc1cc(C)c(C#N)c(-n2cnc(C#N)n2)n1. The number of hydrogen-bond donors (Lipinski definition) is 0. The van der Waals surface area contributed by atoms with Crippen LogP contribution in [0.25, 0.3) is 5.82 Å². The van der Waals surface area contributed by atoms with Crippen molar-refractivity contribution in [3.63, 3.8) is 0 Å². The maximum Gasteiger partial charge on any atom is 0.252 e. The highest BCUT2D eigenvalue weighted by Crippen LogP contribution is 2.15. The van der Waals surface area contributed by atoms with Gasteiger partial charge in [-0.25, -0.2) is 9.97 Å². The van der Waals surface area contributed by atoms with E-state index in [1.54, 1.807) is 0 Å². The van der Waals surface area contributed by atoms with Gasteiger partial charge in [-0.3, -0.25) is 0 Å². The molecule has 0 N–H and O–H groups in total. The molecule has 0 aliphatic carbocycles. The van der Waals surface area contributed by atoms with Crippen LogP contribution in [0.4, 0.5) is 0 Å². The third kappa shape index (κ3) is 1.84. The zero-order chi connectivity index (χ0) is 12.4. The minimum atomic E-state index is 0.0508. The van der Waals surface area contributed by atoms with E-state index in [-0.39, 0.29) is 5.82 Å². The summed E-state index contributed by atoms with van der Waals surface area (Å²) in [5.41, 5.74) is 2.04. The molecule has 0 radical (unpaired) electrons. The average Bonchev–Trinajstić information content (AvgIpc) is 2.76. The second-order valence-corrected chi connectivity index (χ2v) is 3.52. The summed E-state index contributed by atoms with van der Waals surface area (Å²) in [6.07, 6.45) is 1.38. The van der Waals surface area contributed by atoms with E-state index in [2.05, 4.69) is 21.1 Å². The molecule has 0 amide bonds. The fraction of sp³-hybridized carbons (Fsp3) is 0.182. The smallest absolute Gasteiger partial charge is 0.233 e. The quantitative estimate of drug-likeness (QED) is 0.721. The van der Waals surface area contributed by atoms with Crippen LogP contribution in [0.2, 0.25) is 0 Å². The van der Waals surface area contributed by atoms with E-state index >= 15 is 0 Å². The van der Waals surface area contributed by atoms with Crippen LogP contribution < -0.4 is 0 Å². The summed E-state index contributed by atoms with van der Waals surface area (Å²) in [5, 5.41) is 21.7. The van der Waals surface area contributed by atoms with Gasteiger partial charge in [0, 0.05) is 5.69 Å². The lowest BCUT2D eigenvalue weighted by atomic mass is 10.1. The molecule has 6 nitrogen and oxygen atoms in total. The fourth-order valence-electron chi connectivity index (χ4n) is 1.54. The summed E-state index contributed by atoms with van der Waals surface area (Å²) in [7, 11) is 0. The average molecular weight is 224 g/mol. The van der Waals surface area contributed by atoms with Crippen LogP contribution >= 0.6 is 0 Å². The number of aryl methyl sites for hydroxylation is 2. The van der Waals surface area contributed by atoms with E-state index in [0.29, 0.717) is 11.4 Å². The monoisotopic (exact) mass is 224 g/mol. The van der Waals surface area contributed by atoms with Crippen molar-refractivity contribution >= 4 is 0 Å². The molecule has 0 aliphatic rings. The van der Waals surface area contributed by atoms with Crippen LogP contribution in [0.5, 0.6) is 0 Å². The Bertz CT molecular complexity index is 656. The molecule has 17 heavy (non-hydrogen) atoms. The third-order valence-corrected chi connectivity index (χ3v) is 2.25. The summed E-state index contributed by atoms with van der Waals surface area (Å²) >= 11 is 0. The molecule has 2 aromatic heterocycles. The van der Waals surface area contributed by atoms with Crippen molar-refractivity contribution in [1.29, 1.82) is 10.5 Å².